The fourth-order valence-electron chi connectivity index (χ4n) is 2.12. The monoisotopic (exact) mass is 375 g/mol. The first-order chi connectivity index (χ1) is 10.9. The molecule has 23 heavy (non-hydrogen) atoms. The Bertz CT molecular complexity index is 756. The van der Waals surface area contributed by atoms with E-state index in [2.05, 4.69) is 21.2 Å². The molecule has 0 aromatic heterocycles. The highest BCUT2D eigenvalue weighted by molar-refractivity contribution is 9.10. The van der Waals surface area contributed by atoms with Crippen molar-refractivity contribution in [3.63, 3.8) is 0 Å². The van der Waals surface area contributed by atoms with Gasteiger partial charge in [0.25, 0.3) is 5.91 Å². The molecule has 5 heteroatoms. The first-order valence-corrected chi connectivity index (χ1v) is 7.97. The predicted molar refractivity (Wildman–Crippen MR) is 93.7 cm³/mol. The Morgan fingerprint density at radius 2 is 1.74 bits per heavy atom. The molecule has 0 aliphatic rings. The van der Waals surface area contributed by atoms with Gasteiger partial charge < -0.3 is 10.1 Å². The Morgan fingerprint density at radius 1 is 1.04 bits per heavy atom. The smallest absolute Gasteiger partial charge is 0.338 e. The van der Waals surface area contributed by atoms with Gasteiger partial charge in [0.2, 0.25) is 0 Å². The average molecular weight is 376 g/mol. The van der Waals surface area contributed by atoms with Gasteiger partial charge in [0, 0.05) is 10.2 Å². The maximum Gasteiger partial charge on any atom is 0.338 e. The van der Waals surface area contributed by atoms with Crippen molar-refractivity contribution in [3.05, 3.63) is 63.1 Å². The number of rotatable bonds is 4. The lowest BCUT2D eigenvalue weighted by Crippen LogP contribution is -2.21. The van der Waals surface area contributed by atoms with Gasteiger partial charge in [-0.05, 0) is 55.7 Å². The van der Waals surface area contributed by atoms with E-state index in [0.717, 1.165) is 21.2 Å². The number of esters is 1. The maximum absolute atomic E-state index is 12.0. The number of nitrogens with one attached hydrogen (secondary N) is 1. The zero-order valence-corrected chi connectivity index (χ0v) is 14.9. The van der Waals surface area contributed by atoms with E-state index in [9.17, 15) is 9.59 Å². The molecule has 0 atom stereocenters. The molecule has 2 aromatic rings. The molecule has 0 saturated carbocycles. The molecular weight excluding hydrogens is 358 g/mol. The molecule has 0 bridgehead atoms. The number of hydrogen-bond donors (Lipinski definition) is 1. The molecule has 0 aliphatic carbocycles. The Hall–Kier alpha value is -2.14. The van der Waals surface area contributed by atoms with Crippen LogP contribution in [0.4, 0.5) is 5.69 Å². The van der Waals surface area contributed by atoms with E-state index in [1.807, 2.05) is 45.0 Å². The van der Waals surface area contributed by atoms with Crippen LogP contribution in [0.25, 0.3) is 0 Å². The molecule has 0 saturated heterocycles. The van der Waals surface area contributed by atoms with E-state index < -0.39 is 5.97 Å². The zero-order valence-electron chi connectivity index (χ0n) is 13.3. The third-order valence-corrected chi connectivity index (χ3v) is 4.55. The second-order valence-electron chi connectivity index (χ2n) is 5.28. The highest BCUT2D eigenvalue weighted by Crippen LogP contribution is 2.25. The molecule has 4 nitrogen and oxygen atoms in total. The van der Waals surface area contributed by atoms with Crippen molar-refractivity contribution in [3.8, 4) is 0 Å². The molecule has 1 amide bonds. The summed E-state index contributed by atoms with van der Waals surface area (Å²) in [7, 11) is 0. The third kappa shape index (κ3) is 4.20. The molecule has 2 rings (SSSR count). The van der Waals surface area contributed by atoms with Gasteiger partial charge in [0.1, 0.15) is 0 Å². The van der Waals surface area contributed by atoms with Crippen LogP contribution < -0.4 is 5.32 Å². The van der Waals surface area contributed by atoms with E-state index >= 15 is 0 Å². The van der Waals surface area contributed by atoms with Gasteiger partial charge in [0.05, 0.1) is 5.56 Å². The molecule has 0 spiro atoms. The van der Waals surface area contributed by atoms with Crippen molar-refractivity contribution in [2.45, 2.75) is 20.8 Å². The summed E-state index contributed by atoms with van der Waals surface area (Å²) < 4.78 is 6.06. The van der Waals surface area contributed by atoms with Crippen LogP contribution in [-0.2, 0) is 9.53 Å². The Kier molecular flexibility index (Phi) is 5.55. The molecule has 120 valence electrons. The van der Waals surface area contributed by atoms with Gasteiger partial charge >= 0.3 is 5.97 Å². The summed E-state index contributed by atoms with van der Waals surface area (Å²) in [6.07, 6.45) is 0. The standard InChI is InChI=1S/C18H18BrNO3/c1-11-6-4-5-7-14(11)18(22)23-10-17(21)20-16-9-8-15(19)12(2)13(16)3/h4-9H,10H2,1-3H3,(H,20,21). The predicted octanol–water partition coefficient (Wildman–Crippen LogP) is 4.17. The molecule has 0 heterocycles. The van der Waals surface area contributed by atoms with Crippen LogP contribution in [-0.4, -0.2) is 18.5 Å². The summed E-state index contributed by atoms with van der Waals surface area (Å²) in [5, 5.41) is 2.76. The number of halogens is 1. The molecule has 1 N–H and O–H groups in total. The lowest BCUT2D eigenvalue weighted by Gasteiger charge is -2.12. The van der Waals surface area contributed by atoms with Gasteiger partial charge in [0.15, 0.2) is 6.61 Å². The van der Waals surface area contributed by atoms with Gasteiger partial charge in [-0.25, -0.2) is 4.79 Å². The minimum absolute atomic E-state index is 0.318. The largest absolute Gasteiger partial charge is 0.452 e. The first-order valence-electron chi connectivity index (χ1n) is 7.18. The summed E-state index contributed by atoms with van der Waals surface area (Å²) in [4.78, 5) is 24.0. The van der Waals surface area contributed by atoms with Gasteiger partial charge in [-0.15, -0.1) is 0 Å². The van der Waals surface area contributed by atoms with Crippen LogP contribution in [0.5, 0.6) is 0 Å². The Morgan fingerprint density at radius 3 is 2.43 bits per heavy atom. The lowest BCUT2D eigenvalue weighted by molar-refractivity contribution is -0.119. The van der Waals surface area contributed by atoms with Gasteiger partial charge in [-0.1, -0.05) is 34.1 Å². The van der Waals surface area contributed by atoms with Crippen LogP contribution in [0, 0.1) is 20.8 Å². The van der Waals surface area contributed by atoms with Crippen LogP contribution in [0.15, 0.2) is 40.9 Å². The minimum Gasteiger partial charge on any atom is -0.452 e. The number of benzene rings is 2. The van der Waals surface area contributed by atoms with Crippen LogP contribution >= 0.6 is 15.9 Å². The average Bonchev–Trinajstić information content (AvgIpc) is 2.53. The van der Waals surface area contributed by atoms with Gasteiger partial charge in [-0.3, -0.25) is 4.79 Å². The quantitative estimate of drug-likeness (QED) is 0.815. The summed E-state index contributed by atoms with van der Waals surface area (Å²) in [6.45, 7) is 5.40. The van der Waals surface area contributed by atoms with Crippen LogP contribution in [0.1, 0.15) is 27.0 Å². The van der Waals surface area contributed by atoms with E-state index in [4.69, 9.17) is 4.74 Å². The Balaban J connectivity index is 1.97. The molecule has 2 aromatic carbocycles. The number of aryl methyl sites for hydroxylation is 1. The van der Waals surface area contributed by atoms with Gasteiger partial charge in [-0.2, -0.15) is 0 Å². The summed E-state index contributed by atoms with van der Waals surface area (Å²) in [5.74, 6) is -0.862. The fraction of sp³-hybridized carbons (Fsp3) is 0.222. The zero-order chi connectivity index (χ0) is 17.0. The second-order valence-corrected chi connectivity index (χ2v) is 6.14. The minimum atomic E-state index is -0.498. The maximum atomic E-state index is 12.0. The van der Waals surface area contributed by atoms with Crippen molar-refractivity contribution in [1.82, 2.24) is 0 Å². The van der Waals surface area contributed by atoms with Crippen LogP contribution in [0.2, 0.25) is 0 Å². The Labute approximate surface area is 144 Å². The molecule has 0 aliphatic heterocycles. The van der Waals surface area contributed by atoms with E-state index in [-0.39, 0.29) is 12.5 Å². The third-order valence-electron chi connectivity index (χ3n) is 3.69. The number of hydrogen-bond acceptors (Lipinski definition) is 3. The normalized spacial score (nSPS) is 10.3. The second kappa shape index (κ2) is 7.42. The summed E-state index contributed by atoms with van der Waals surface area (Å²) in [5.41, 5.74) is 4.02. The van der Waals surface area contributed by atoms with Crippen molar-refractivity contribution in [2.75, 3.05) is 11.9 Å². The molecule has 0 radical (unpaired) electrons. The van der Waals surface area contributed by atoms with Crippen molar-refractivity contribution in [2.24, 2.45) is 0 Å². The highest BCUT2D eigenvalue weighted by Gasteiger charge is 2.13. The van der Waals surface area contributed by atoms with E-state index in [0.29, 0.717) is 11.3 Å². The molecule has 0 unspecified atom stereocenters. The first kappa shape index (κ1) is 17.2. The van der Waals surface area contributed by atoms with E-state index in [1.54, 1.807) is 12.1 Å². The van der Waals surface area contributed by atoms with Crippen molar-refractivity contribution >= 4 is 33.5 Å². The van der Waals surface area contributed by atoms with Crippen molar-refractivity contribution in [1.29, 1.82) is 0 Å². The van der Waals surface area contributed by atoms with Crippen molar-refractivity contribution < 1.29 is 14.3 Å². The number of amides is 1. The number of anilines is 1. The number of ether oxygens (including phenoxy) is 1. The summed E-state index contributed by atoms with van der Waals surface area (Å²) >= 11 is 3.45. The summed E-state index contributed by atoms with van der Waals surface area (Å²) in [6, 6.07) is 10.8. The highest BCUT2D eigenvalue weighted by atomic mass is 79.9. The number of carbonyl (C=O) groups excluding carboxylic acids is 2. The SMILES string of the molecule is Cc1ccccc1C(=O)OCC(=O)Nc1ccc(Br)c(C)c1C. The van der Waals surface area contributed by atoms with E-state index in [1.165, 1.54) is 0 Å². The molecule has 0 fully saturated rings. The lowest BCUT2D eigenvalue weighted by atomic mass is 10.1. The topological polar surface area (TPSA) is 55.4 Å². The molecular formula is C18H18BrNO3. The van der Waals surface area contributed by atoms with Crippen LogP contribution in [0.3, 0.4) is 0 Å². The fourth-order valence-corrected chi connectivity index (χ4v) is 2.55. The number of carbonyl (C=O) groups is 2.